The number of likely N-dealkylation sites (tertiary alicyclic amines) is 1. The maximum atomic E-state index is 14.2. The van der Waals surface area contributed by atoms with Crippen LogP contribution in [-0.2, 0) is 17.8 Å². The Kier molecular flexibility index (Phi) is 7.04. The van der Waals surface area contributed by atoms with Crippen molar-refractivity contribution in [3.05, 3.63) is 71.8 Å². The van der Waals surface area contributed by atoms with E-state index in [2.05, 4.69) is 29.2 Å². The van der Waals surface area contributed by atoms with E-state index in [1.165, 1.54) is 11.1 Å². The zero-order valence-electron chi connectivity index (χ0n) is 16.5. The molecule has 1 aliphatic rings. The van der Waals surface area contributed by atoms with Crippen LogP contribution in [0.2, 0.25) is 0 Å². The van der Waals surface area contributed by atoms with Gasteiger partial charge in [-0.1, -0.05) is 60.7 Å². The predicted molar refractivity (Wildman–Crippen MR) is 109 cm³/mol. The van der Waals surface area contributed by atoms with Crippen LogP contribution in [0.1, 0.15) is 24.5 Å². The van der Waals surface area contributed by atoms with Gasteiger partial charge in [-0.25, -0.2) is 4.79 Å². The Hall–Kier alpha value is -2.40. The first-order valence-corrected chi connectivity index (χ1v) is 9.92. The van der Waals surface area contributed by atoms with E-state index in [-0.39, 0.29) is 6.09 Å². The molecule has 3 rings (SSSR count). The number of rotatable bonds is 8. The summed E-state index contributed by atoms with van der Waals surface area (Å²) in [6, 6.07) is 20.5. The second-order valence-electron chi connectivity index (χ2n) is 7.62. The SMILES string of the molecule is CCOC(=O)N1CC[C@@](CF)(CN(Cc2ccccc2)Cc2ccccc2)C1. The Morgan fingerprint density at radius 3 is 2.14 bits per heavy atom. The summed E-state index contributed by atoms with van der Waals surface area (Å²) < 4.78 is 19.3. The molecule has 0 saturated carbocycles. The van der Waals surface area contributed by atoms with Crippen LogP contribution in [0.4, 0.5) is 9.18 Å². The van der Waals surface area contributed by atoms with Gasteiger partial charge in [0.15, 0.2) is 0 Å². The second kappa shape index (κ2) is 9.69. The van der Waals surface area contributed by atoms with Gasteiger partial charge in [0, 0.05) is 38.1 Å². The third-order valence-electron chi connectivity index (χ3n) is 5.30. The van der Waals surface area contributed by atoms with Gasteiger partial charge in [0.05, 0.1) is 13.3 Å². The third-order valence-corrected chi connectivity index (χ3v) is 5.30. The van der Waals surface area contributed by atoms with E-state index in [1.807, 2.05) is 36.4 Å². The molecule has 4 nitrogen and oxygen atoms in total. The predicted octanol–water partition coefficient (Wildman–Crippen LogP) is 4.51. The van der Waals surface area contributed by atoms with Gasteiger partial charge in [-0.3, -0.25) is 9.29 Å². The van der Waals surface area contributed by atoms with Crippen LogP contribution in [0.5, 0.6) is 0 Å². The highest BCUT2D eigenvalue weighted by molar-refractivity contribution is 5.68. The fourth-order valence-electron chi connectivity index (χ4n) is 3.91. The van der Waals surface area contributed by atoms with Crippen molar-refractivity contribution in [2.45, 2.75) is 26.4 Å². The molecule has 1 fully saturated rings. The van der Waals surface area contributed by atoms with E-state index in [0.29, 0.717) is 32.7 Å². The second-order valence-corrected chi connectivity index (χ2v) is 7.62. The molecule has 0 spiro atoms. The minimum Gasteiger partial charge on any atom is -0.450 e. The fraction of sp³-hybridized carbons (Fsp3) is 0.435. The van der Waals surface area contributed by atoms with Crippen LogP contribution >= 0.6 is 0 Å². The average molecular weight is 384 g/mol. The molecule has 0 aliphatic carbocycles. The number of amides is 1. The van der Waals surface area contributed by atoms with Crippen LogP contribution in [-0.4, -0.2) is 48.8 Å². The number of carbonyl (C=O) groups is 1. The lowest BCUT2D eigenvalue weighted by atomic mass is 9.87. The highest BCUT2D eigenvalue weighted by Gasteiger charge is 2.42. The van der Waals surface area contributed by atoms with Gasteiger partial charge in [-0.05, 0) is 24.5 Å². The van der Waals surface area contributed by atoms with Crippen LogP contribution < -0.4 is 0 Å². The van der Waals surface area contributed by atoms with E-state index in [1.54, 1.807) is 11.8 Å². The first-order valence-electron chi connectivity index (χ1n) is 9.92. The summed E-state index contributed by atoms with van der Waals surface area (Å²) in [6.07, 6.45) is 0.318. The number of nitrogens with zero attached hydrogens (tertiary/aromatic N) is 2. The third kappa shape index (κ3) is 5.32. The molecule has 1 saturated heterocycles. The first-order chi connectivity index (χ1) is 13.6. The lowest BCUT2D eigenvalue weighted by molar-refractivity contribution is 0.0907. The molecular weight excluding hydrogens is 355 g/mol. The Labute approximate surface area is 166 Å². The summed E-state index contributed by atoms with van der Waals surface area (Å²) in [5.41, 5.74) is 1.86. The van der Waals surface area contributed by atoms with Gasteiger partial charge in [-0.15, -0.1) is 0 Å². The van der Waals surface area contributed by atoms with Gasteiger partial charge in [0.2, 0.25) is 0 Å². The van der Waals surface area contributed by atoms with E-state index >= 15 is 0 Å². The normalized spacial score (nSPS) is 19.2. The number of halogens is 1. The highest BCUT2D eigenvalue weighted by Crippen LogP contribution is 2.33. The van der Waals surface area contributed by atoms with Crippen molar-refractivity contribution in [2.75, 3.05) is 32.9 Å². The summed E-state index contributed by atoms with van der Waals surface area (Å²) in [6.45, 7) is 4.74. The minimum atomic E-state index is -0.545. The molecule has 28 heavy (non-hydrogen) atoms. The molecular formula is C23H29FN2O2. The largest absolute Gasteiger partial charge is 0.450 e. The average Bonchev–Trinajstić information content (AvgIpc) is 3.14. The molecule has 1 atom stereocenters. The van der Waals surface area contributed by atoms with E-state index in [9.17, 15) is 9.18 Å². The molecule has 1 amide bonds. The molecule has 150 valence electrons. The van der Waals surface area contributed by atoms with E-state index < -0.39 is 12.1 Å². The fourth-order valence-corrected chi connectivity index (χ4v) is 3.91. The van der Waals surface area contributed by atoms with Crippen LogP contribution in [0.15, 0.2) is 60.7 Å². The van der Waals surface area contributed by atoms with Crippen LogP contribution in [0, 0.1) is 5.41 Å². The van der Waals surface area contributed by atoms with Gasteiger partial charge < -0.3 is 9.64 Å². The number of hydrogen-bond donors (Lipinski definition) is 0. The molecule has 2 aromatic carbocycles. The molecule has 5 heteroatoms. The number of benzene rings is 2. The zero-order valence-corrected chi connectivity index (χ0v) is 16.5. The number of alkyl halides is 1. The van der Waals surface area contributed by atoms with Crippen molar-refractivity contribution in [1.82, 2.24) is 9.80 Å². The molecule has 0 bridgehead atoms. The Morgan fingerprint density at radius 1 is 1.07 bits per heavy atom. The Morgan fingerprint density at radius 2 is 1.64 bits per heavy atom. The summed E-state index contributed by atoms with van der Waals surface area (Å²) in [5, 5.41) is 0. The number of carbonyl (C=O) groups excluding carboxylic acids is 1. The van der Waals surface area contributed by atoms with E-state index in [4.69, 9.17) is 4.74 Å². The summed E-state index contributed by atoms with van der Waals surface area (Å²) in [7, 11) is 0. The molecule has 0 N–H and O–H groups in total. The number of hydrogen-bond acceptors (Lipinski definition) is 3. The van der Waals surface area contributed by atoms with Crippen molar-refractivity contribution >= 4 is 6.09 Å². The number of ether oxygens (including phenoxy) is 1. The monoisotopic (exact) mass is 384 g/mol. The molecule has 0 unspecified atom stereocenters. The lowest BCUT2D eigenvalue weighted by Crippen LogP contribution is -2.42. The lowest BCUT2D eigenvalue weighted by Gasteiger charge is -2.33. The van der Waals surface area contributed by atoms with Gasteiger partial charge in [-0.2, -0.15) is 0 Å². The topological polar surface area (TPSA) is 32.8 Å². The maximum absolute atomic E-state index is 14.2. The maximum Gasteiger partial charge on any atom is 0.409 e. The quantitative estimate of drug-likeness (QED) is 0.671. The van der Waals surface area contributed by atoms with Crippen LogP contribution in [0.3, 0.4) is 0 Å². The minimum absolute atomic E-state index is 0.338. The van der Waals surface area contributed by atoms with Gasteiger partial charge in [0.1, 0.15) is 0 Å². The van der Waals surface area contributed by atoms with Crippen molar-refractivity contribution in [1.29, 1.82) is 0 Å². The highest BCUT2D eigenvalue weighted by atomic mass is 19.1. The molecule has 2 aromatic rings. The summed E-state index contributed by atoms with van der Waals surface area (Å²) in [4.78, 5) is 16.0. The van der Waals surface area contributed by atoms with Crippen molar-refractivity contribution in [3.63, 3.8) is 0 Å². The first kappa shape index (κ1) is 20.3. The zero-order chi connectivity index (χ0) is 19.8. The van der Waals surface area contributed by atoms with Crippen LogP contribution in [0.25, 0.3) is 0 Å². The van der Waals surface area contributed by atoms with Gasteiger partial charge >= 0.3 is 6.09 Å². The van der Waals surface area contributed by atoms with Crippen molar-refractivity contribution in [3.8, 4) is 0 Å². The molecule has 1 aliphatic heterocycles. The molecule has 1 heterocycles. The smallest absolute Gasteiger partial charge is 0.409 e. The summed E-state index contributed by atoms with van der Waals surface area (Å²) >= 11 is 0. The Bertz CT molecular complexity index is 699. The van der Waals surface area contributed by atoms with Crippen molar-refractivity contribution in [2.24, 2.45) is 5.41 Å². The molecule has 0 radical (unpaired) electrons. The Balaban J connectivity index is 1.74. The standard InChI is InChI=1S/C23H29FN2O2/c1-2-28-22(27)26-14-13-23(17-24,19-26)18-25(15-20-9-5-3-6-10-20)16-21-11-7-4-8-12-21/h3-12H,2,13-19H2,1H3/t23-/m1/s1. The molecule has 0 aromatic heterocycles. The van der Waals surface area contributed by atoms with E-state index in [0.717, 1.165) is 13.1 Å². The van der Waals surface area contributed by atoms with Crippen molar-refractivity contribution < 1.29 is 13.9 Å². The van der Waals surface area contributed by atoms with Gasteiger partial charge in [0.25, 0.3) is 0 Å². The summed E-state index contributed by atoms with van der Waals surface area (Å²) in [5.74, 6) is 0.